The summed E-state index contributed by atoms with van der Waals surface area (Å²) in [7, 11) is 0. The number of hydrogen-bond acceptors (Lipinski definition) is 4. The number of hydrogen-bond donors (Lipinski definition) is 1. The van der Waals surface area contributed by atoms with Gasteiger partial charge in [0.2, 0.25) is 0 Å². The molecule has 5 nitrogen and oxygen atoms in total. The van der Waals surface area contributed by atoms with Gasteiger partial charge in [-0.25, -0.2) is 9.97 Å². The van der Waals surface area contributed by atoms with Crippen LogP contribution in [0.5, 0.6) is 0 Å². The van der Waals surface area contributed by atoms with Gasteiger partial charge in [0, 0.05) is 35.9 Å². The fraction of sp³-hybridized carbons (Fsp3) is 0.235. The Kier molecular flexibility index (Phi) is 4.30. The van der Waals surface area contributed by atoms with Crippen LogP contribution in [0.4, 0.5) is 11.5 Å². The van der Waals surface area contributed by atoms with Gasteiger partial charge >= 0.3 is 0 Å². The minimum atomic E-state index is 0.548. The van der Waals surface area contributed by atoms with Crippen LogP contribution in [0.2, 0.25) is 5.02 Å². The van der Waals surface area contributed by atoms with E-state index in [0.29, 0.717) is 10.8 Å². The van der Waals surface area contributed by atoms with Gasteiger partial charge in [-0.05, 0) is 39.0 Å². The third-order valence-corrected chi connectivity index (χ3v) is 3.93. The molecule has 23 heavy (non-hydrogen) atoms. The maximum absolute atomic E-state index is 6.38. The molecule has 0 saturated carbocycles. The van der Waals surface area contributed by atoms with Crippen LogP contribution >= 0.6 is 11.6 Å². The minimum Gasteiger partial charge on any atom is -0.338 e. The van der Waals surface area contributed by atoms with Crippen LogP contribution < -0.4 is 5.32 Å². The van der Waals surface area contributed by atoms with E-state index in [0.717, 1.165) is 35.0 Å². The quantitative estimate of drug-likeness (QED) is 0.773. The van der Waals surface area contributed by atoms with Crippen LogP contribution in [-0.2, 0) is 6.54 Å². The first-order valence-electron chi connectivity index (χ1n) is 7.46. The number of pyridine rings is 2. The molecular weight excluding hydrogens is 310 g/mol. The van der Waals surface area contributed by atoms with E-state index in [1.165, 1.54) is 0 Å². The van der Waals surface area contributed by atoms with E-state index in [1.807, 2.05) is 38.2 Å². The van der Waals surface area contributed by atoms with E-state index in [4.69, 9.17) is 11.6 Å². The first-order chi connectivity index (χ1) is 11.1. The lowest BCUT2D eigenvalue weighted by Crippen LogP contribution is -2.01. The van der Waals surface area contributed by atoms with Crippen LogP contribution in [0.3, 0.4) is 0 Å². The van der Waals surface area contributed by atoms with Crippen molar-refractivity contribution in [2.45, 2.75) is 27.3 Å². The Morgan fingerprint density at radius 2 is 1.91 bits per heavy atom. The topological polar surface area (TPSA) is 55.6 Å². The average molecular weight is 328 g/mol. The van der Waals surface area contributed by atoms with Crippen molar-refractivity contribution in [1.82, 2.24) is 19.5 Å². The molecule has 118 valence electrons. The van der Waals surface area contributed by atoms with Gasteiger partial charge in [-0.15, -0.1) is 0 Å². The fourth-order valence-corrected chi connectivity index (χ4v) is 2.63. The Morgan fingerprint density at radius 1 is 1.09 bits per heavy atom. The highest BCUT2D eigenvalue weighted by molar-refractivity contribution is 6.33. The van der Waals surface area contributed by atoms with Crippen molar-refractivity contribution in [3.63, 3.8) is 0 Å². The molecule has 0 aromatic carbocycles. The maximum atomic E-state index is 6.38. The normalized spacial score (nSPS) is 10.8. The molecule has 3 aromatic heterocycles. The molecule has 3 rings (SSSR count). The zero-order valence-corrected chi connectivity index (χ0v) is 14.1. The fourth-order valence-electron chi connectivity index (χ4n) is 2.42. The zero-order valence-electron chi connectivity index (χ0n) is 13.3. The molecule has 3 aromatic rings. The second-order valence-corrected chi connectivity index (χ2v) is 5.74. The molecular formula is C17H18ClN5. The maximum Gasteiger partial charge on any atom is 0.149 e. The van der Waals surface area contributed by atoms with Crippen LogP contribution in [0.15, 0.2) is 36.8 Å². The van der Waals surface area contributed by atoms with Crippen LogP contribution in [0, 0.1) is 13.8 Å². The number of halogens is 1. The lowest BCUT2D eigenvalue weighted by molar-refractivity contribution is 0.746. The van der Waals surface area contributed by atoms with Crippen molar-refractivity contribution in [2.24, 2.45) is 0 Å². The SMILES string of the molecule is CCn1c(C)cnc1-c1cnc(Nc2ccc(C)nc2)c(Cl)c1. The number of rotatable bonds is 4. The second kappa shape index (κ2) is 6.38. The highest BCUT2D eigenvalue weighted by atomic mass is 35.5. The monoisotopic (exact) mass is 327 g/mol. The molecule has 0 aliphatic rings. The van der Waals surface area contributed by atoms with E-state index < -0.39 is 0 Å². The van der Waals surface area contributed by atoms with Crippen LogP contribution in [-0.4, -0.2) is 19.5 Å². The molecule has 0 fully saturated rings. The summed E-state index contributed by atoms with van der Waals surface area (Å²) in [5.41, 5.74) is 3.83. The molecule has 6 heteroatoms. The molecule has 0 atom stereocenters. The lowest BCUT2D eigenvalue weighted by Gasteiger charge is -2.10. The predicted molar refractivity (Wildman–Crippen MR) is 93.1 cm³/mol. The molecule has 0 spiro atoms. The molecule has 0 bridgehead atoms. The van der Waals surface area contributed by atoms with Gasteiger partial charge in [0.15, 0.2) is 0 Å². The molecule has 0 aliphatic carbocycles. The number of nitrogens with one attached hydrogen (secondary N) is 1. The van der Waals surface area contributed by atoms with E-state index in [2.05, 4.69) is 31.8 Å². The van der Waals surface area contributed by atoms with Gasteiger partial charge in [0.25, 0.3) is 0 Å². The summed E-state index contributed by atoms with van der Waals surface area (Å²) in [4.78, 5) is 13.1. The van der Waals surface area contributed by atoms with Gasteiger partial charge in [-0.2, -0.15) is 0 Å². The number of anilines is 2. The van der Waals surface area contributed by atoms with Crippen molar-refractivity contribution in [3.05, 3.63) is 53.2 Å². The van der Waals surface area contributed by atoms with Crippen molar-refractivity contribution in [1.29, 1.82) is 0 Å². The molecule has 0 amide bonds. The van der Waals surface area contributed by atoms with Gasteiger partial charge in [-0.1, -0.05) is 11.6 Å². The van der Waals surface area contributed by atoms with Gasteiger partial charge in [0.05, 0.1) is 16.9 Å². The largest absolute Gasteiger partial charge is 0.338 e. The number of nitrogens with zero attached hydrogens (tertiary/aromatic N) is 4. The third kappa shape index (κ3) is 3.19. The van der Waals surface area contributed by atoms with Gasteiger partial charge < -0.3 is 9.88 Å². The first kappa shape index (κ1) is 15.5. The van der Waals surface area contributed by atoms with Crippen molar-refractivity contribution < 1.29 is 0 Å². The van der Waals surface area contributed by atoms with E-state index in [1.54, 1.807) is 12.4 Å². The predicted octanol–water partition coefficient (Wildman–Crippen LogP) is 4.37. The minimum absolute atomic E-state index is 0.548. The van der Waals surface area contributed by atoms with Crippen molar-refractivity contribution >= 4 is 23.1 Å². The molecule has 0 aliphatic heterocycles. The Labute approximate surface area is 140 Å². The number of aromatic nitrogens is 4. The molecule has 3 heterocycles. The second-order valence-electron chi connectivity index (χ2n) is 5.34. The summed E-state index contributed by atoms with van der Waals surface area (Å²) in [6.45, 7) is 6.93. The smallest absolute Gasteiger partial charge is 0.149 e. The first-order valence-corrected chi connectivity index (χ1v) is 7.84. The standard InChI is InChI=1S/C17H18ClN5/c1-4-23-12(3)8-21-17(23)13-7-15(18)16(20-9-13)22-14-6-5-11(2)19-10-14/h5-10H,4H2,1-3H3,(H,20,22). The number of imidazole rings is 1. The van der Waals surface area contributed by atoms with Crippen molar-refractivity contribution in [2.75, 3.05) is 5.32 Å². The summed E-state index contributed by atoms with van der Waals surface area (Å²) in [5, 5.41) is 3.73. The molecule has 0 saturated heterocycles. The van der Waals surface area contributed by atoms with Crippen LogP contribution in [0.25, 0.3) is 11.4 Å². The summed E-state index contributed by atoms with van der Waals surface area (Å²) in [6.07, 6.45) is 5.40. The summed E-state index contributed by atoms with van der Waals surface area (Å²) in [6, 6.07) is 5.76. The summed E-state index contributed by atoms with van der Waals surface area (Å²) in [5.74, 6) is 1.48. The lowest BCUT2D eigenvalue weighted by atomic mass is 10.2. The third-order valence-electron chi connectivity index (χ3n) is 3.64. The van der Waals surface area contributed by atoms with Crippen LogP contribution in [0.1, 0.15) is 18.3 Å². The summed E-state index contributed by atoms with van der Waals surface area (Å²) >= 11 is 6.38. The Hall–Kier alpha value is -2.40. The highest BCUT2D eigenvalue weighted by Crippen LogP contribution is 2.28. The zero-order chi connectivity index (χ0) is 16.4. The highest BCUT2D eigenvalue weighted by Gasteiger charge is 2.11. The van der Waals surface area contributed by atoms with E-state index >= 15 is 0 Å². The molecule has 1 N–H and O–H groups in total. The molecule has 0 unspecified atom stereocenters. The van der Waals surface area contributed by atoms with E-state index in [9.17, 15) is 0 Å². The van der Waals surface area contributed by atoms with Crippen molar-refractivity contribution in [3.8, 4) is 11.4 Å². The summed E-state index contributed by atoms with van der Waals surface area (Å²) < 4.78 is 2.13. The van der Waals surface area contributed by atoms with E-state index in [-0.39, 0.29) is 0 Å². The Balaban J connectivity index is 1.90. The van der Waals surface area contributed by atoms with Gasteiger partial charge in [0.1, 0.15) is 11.6 Å². The number of aryl methyl sites for hydroxylation is 2. The Morgan fingerprint density at radius 3 is 2.57 bits per heavy atom. The average Bonchev–Trinajstić information content (AvgIpc) is 2.92. The Bertz CT molecular complexity index is 824. The molecule has 0 radical (unpaired) electrons. The van der Waals surface area contributed by atoms with Gasteiger partial charge in [-0.3, -0.25) is 4.98 Å².